The zero-order valence-electron chi connectivity index (χ0n) is 17.3. The van der Waals surface area contributed by atoms with Crippen LogP contribution in [0.5, 0.6) is 11.5 Å². The van der Waals surface area contributed by atoms with Crippen LogP contribution in [0.4, 0.5) is 0 Å². The minimum absolute atomic E-state index is 0. The van der Waals surface area contributed by atoms with Gasteiger partial charge < -0.3 is 25.0 Å². The normalized spacial score (nSPS) is 14.6. The lowest BCUT2D eigenvalue weighted by atomic mass is 9.96. The van der Waals surface area contributed by atoms with Crippen molar-refractivity contribution in [2.45, 2.75) is 44.7 Å². The average molecular weight is 504 g/mol. The molecule has 2 N–H and O–H groups in total. The molecule has 0 bridgehead atoms. The third-order valence-corrected chi connectivity index (χ3v) is 4.72. The molecule has 0 heterocycles. The number of likely N-dealkylation sites (N-methyl/N-ethyl adjacent to an activating group) is 1. The predicted octanol–water partition coefficient (Wildman–Crippen LogP) is 2.78. The highest BCUT2D eigenvalue weighted by atomic mass is 127. The topological polar surface area (TPSA) is 75.2 Å². The van der Waals surface area contributed by atoms with E-state index in [-0.39, 0.29) is 36.4 Å². The summed E-state index contributed by atoms with van der Waals surface area (Å²) in [5.41, 5.74) is 1.01. The van der Waals surface area contributed by atoms with Crippen LogP contribution in [-0.2, 0) is 11.3 Å². The van der Waals surface area contributed by atoms with Crippen LogP contribution in [0.25, 0.3) is 0 Å². The van der Waals surface area contributed by atoms with Crippen molar-refractivity contribution in [3.05, 3.63) is 23.8 Å². The number of guanidine groups is 1. The highest BCUT2D eigenvalue weighted by molar-refractivity contribution is 14.0. The molecule has 7 nitrogen and oxygen atoms in total. The Morgan fingerprint density at radius 1 is 1.14 bits per heavy atom. The third kappa shape index (κ3) is 7.73. The van der Waals surface area contributed by atoms with E-state index in [1.807, 2.05) is 18.2 Å². The van der Waals surface area contributed by atoms with Crippen LogP contribution in [0.15, 0.2) is 23.2 Å². The number of aliphatic imine (C=N–C) groups is 1. The summed E-state index contributed by atoms with van der Waals surface area (Å²) in [5.74, 6) is 2.06. The SMILES string of the molecule is COc1ccc(CN=C(NCC(=O)N(C)C)NC2CCCCC2)cc1OC.I. The number of hydrogen-bond donors (Lipinski definition) is 2. The van der Waals surface area contributed by atoms with E-state index in [1.54, 1.807) is 33.2 Å². The second-order valence-corrected chi connectivity index (χ2v) is 6.98. The lowest BCUT2D eigenvalue weighted by Crippen LogP contribution is -2.47. The van der Waals surface area contributed by atoms with Gasteiger partial charge in [-0.1, -0.05) is 25.3 Å². The molecule has 158 valence electrons. The molecule has 1 aliphatic rings. The van der Waals surface area contributed by atoms with Crippen LogP contribution in [-0.4, -0.2) is 57.7 Å². The van der Waals surface area contributed by atoms with Crippen LogP contribution >= 0.6 is 24.0 Å². The maximum Gasteiger partial charge on any atom is 0.241 e. The van der Waals surface area contributed by atoms with Gasteiger partial charge in [0.2, 0.25) is 5.91 Å². The van der Waals surface area contributed by atoms with Gasteiger partial charge in [-0.05, 0) is 30.5 Å². The quantitative estimate of drug-likeness (QED) is 0.340. The zero-order valence-corrected chi connectivity index (χ0v) is 19.6. The zero-order chi connectivity index (χ0) is 19.6. The molecule has 0 aliphatic heterocycles. The Kier molecular flexibility index (Phi) is 11.0. The number of ether oxygens (including phenoxy) is 2. The van der Waals surface area contributed by atoms with Crippen LogP contribution in [0.2, 0.25) is 0 Å². The van der Waals surface area contributed by atoms with Gasteiger partial charge in [-0.3, -0.25) is 4.79 Å². The van der Waals surface area contributed by atoms with Crippen molar-refractivity contribution in [2.24, 2.45) is 4.99 Å². The van der Waals surface area contributed by atoms with E-state index in [1.165, 1.54) is 19.3 Å². The molecule has 1 aliphatic carbocycles. The predicted molar refractivity (Wildman–Crippen MR) is 123 cm³/mol. The molecule has 28 heavy (non-hydrogen) atoms. The molecule has 0 radical (unpaired) electrons. The van der Waals surface area contributed by atoms with E-state index in [4.69, 9.17) is 9.47 Å². The first-order valence-electron chi connectivity index (χ1n) is 9.49. The van der Waals surface area contributed by atoms with Crippen molar-refractivity contribution in [3.8, 4) is 11.5 Å². The summed E-state index contributed by atoms with van der Waals surface area (Å²) in [4.78, 5) is 18.2. The Hall–Kier alpha value is -1.71. The summed E-state index contributed by atoms with van der Waals surface area (Å²) in [6, 6.07) is 6.17. The Bertz CT molecular complexity index is 646. The fourth-order valence-corrected chi connectivity index (χ4v) is 3.06. The van der Waals surface area contributed by atoms with Gasteiger partial charge in [0.05, 0.1) is 27.3 Å². The molecule has 0 saturated heterocycles. The second kappa shape index (κ2) is 12.7. The molecular formula is C20H33IN4O3. The molecule has 1 aromatic rings. The Morgan fingerprint density at radius 2 is 1.82 bits per heavy atom. The third-order valence-electron chi connectivity index (χ3n) is 4.72. The van der Waals surface area contributed by atoms with Gasteiger partial charge in [0, 0.05) is 20.1 Å². The van der Waals surface area contributed by atoms with E-state index >= 15 is 0 Å². The number of halogens is 1. The van der Waals surface area contributed by atoms with Crippen molar-refractivity contribution in [3.63, 3.8) is 0 Å². The van der Waals surface area contributed by atoms with Crippen molar-refractivity contribution < 1.29 is 14.3 Å². The van der Waals surface area contributed by atoms with Gasteiger partial charge >= 0.3 is 0 Å². The number of hydrogen-bond acceptors (Lipinski definition) is 4. The van der Waals surface area contributed by atoms with E-state index < -0.39 is 0 Å². The maximum atomic E-state index is 11.9. The molecule has 1 amide bonds. The number of nitrogens with zero attached hydrogens (tertiary/aromatic N) is 2. The van der Waals surface area contributed by atoms with Gasteiger partial charge in [-0.25, -0.2) is 4.99 Å². The maximum absolute atomic E-state index is 11.9. The number of carbonyl (C=O) groups is 1. The fourth-order valence-electron chi connectivity index (χ4n) is 3.06. The molecule has 0 aromatic heterocycles. The largest absolute Gasteiger partial charge is 0.493 e. The first-order valence-corrected chi connectivity index (χ1v) is 9.49. The van der Waals surface area contributed by atoms with Crippen LogP contribution in [0.1, 0.15) is 37.7 Å². The average Bonchev–Trinajstić information content (AvgIpc) is 2.70. The van der Waals surface area contributed by atoms with E-state index in [2.05, 4.69) is 15.6 Å². The molecule has 1 saturated carbocycles. The van der Waals surface area contributed by atoms with Crippen LogP contribution < -0.4 is 20.1 Å². The second-order valence-electron chi connectivity index (χ2n) is 6.98. The molecule has 0 spiro atoms. The first-order chi connectivity index (χ1) is 13.0. The summed E-state index contributed by atoms with van der Waals surface area (Å²) in [6.45, 7) is 0.704. The van der Waals surface area contributed by atoms with Crippen molar-refractivity contribution in [1.82, 2.24) is 15.5 Å². The van der Waals surface area contributed by atoms with Crippen LogP contribution in [0.3, 0.4) is 0 Å². The van der Waals surface area contributed by atoms with Gasteiger partial charge in [0.1, 0.15) is 0 Å². The molecule has 0 unspecified atom stereocenters. The highest BCUT2D eigenvalue weighted by Crippen LogP contribution is 2.27. The number of rotatable bonds is 7. The minimum atomic E-state index is 0. The Labute approximate surface area is 185 Å². The van der Waals surface area contributed by atoms with Crippen molar-refractivity contribution >= 4 is 35.8 Å². The number of nitrogens with one attached hydrogen (secondary N) is 2. The van der Waals surface area contributed by atoms with Gasteiger partial charge in [0.25, 0.3) is 0 Å². The highest BCUT2D eigenvalue weighted by Gasteiger charge is 2.15. The summed E-state index contributed by atoms with van der Waals surface area (Å²) < 4.78 is 10.6. The summed E-state index contributed by atoms with van der Waals surface area (Å²) in [6.07, 6.45) is 6.04. The van der Waals surface area contributed by atoms with Crippen molar-refractivity contribution in [2.75, 3.05) is 34.9 Å². The lowest BCUT2D eigenvalue weighted by molar-refractivity contribution is -0.127. The fraction of sp³-hybridized carbons (Fsp3) is 0.600. The van der Waals surface area contributed by atoms with Gasteiger partial charge in [-0.15, -0.1) is 24.0 Å². The minimum Gasteiger partial charge on any atom is -0.493 e. The summed E-state index contributed by atoms with van der Waals surface area (Å²) in [7, 11) is 6.74. The molecule has 1 aromatic carbocycles. The monoisotopic (exact) mass is 504 g/mol. The van der Waals surface area contributed by atoms with E-state index in [0.717, 1.165) is 18.4 Å². The molecular weight excluding hydrogens is 471 g/mol. The number of amides is 1. The Balaban J connectivity index is 0.00000392. The number of benzene rings is 1. The molecule has 8 heteroatoms. The number of carbonyl (C=O) groups excluding carboxylic acids is 1. The molecule has 1 fully saturated rings. The van der Waals surface area contributed by atoms with E-state index in [0.29, 0.717) is 30.0 Å². The van der Waals surface area contributed by atoms with Crippen LogP contribution in [0, 0.1) is 0 Å². The Morgan fingerprint density at radius 3 is 2.43 bits per heavy atom. The smallest absolute Gasteiger partial charge is 0.241 e. The van der Waals surface area contributed by atoms with Gasteiger partial charge in [-0.2, -0.15) is 0 Å². The molecule has 0 atom stereocenters. The van der Waals surface area contributed by atoms with Gasteiger partial charge in [0.15, 0.2) is 17.5 Å². The molecule has 2 rings (SSSR count). The van der Waals surface area contributed by atoms with Crippen molar-refractivity contribution in [1.29, 1.82) is 0 Å². The first kappa shape index (κ1) is 24.3. The summed E-state index contributed by atoms with van der Waals surface area (Å²) >= 11 is 0. The standard InChI is InChI=1S/C20H32N4O3.HI/c1-24(2)19(25)14-22-20(23-16-8-6-5-7-9-16)21-13-15-10-11-17(26-3)18(12-15)27-4;/h10-12,16H,5-9,13-14H2,1-4H3,(H2,21,22,23);1H. The number of methoxy groups -OCH3 is 2. The van der Waals surface area contributed by atoms with E-state index in [9.17, 15) is 4.79 Å². The summed E-state index contributed by atoms with van der Waals surface area (Å²) in [5, 5.41) is 6.65. The lowest BCUT2D eigenvalue weighted by Gasteiger charge is -2.25.